The third kappa shape index (κ3) is 2.32. The van der Waals surface area contributed by atoms with Gasteiger partial charge in [0.1, 0.15) is 5.41 Å². The van der Waals surface area contributed by atoms with Gasteiger partial charge in [-0.3, -0.25) is 4.79 Å². The van der Waals surface area contributed by atoms with Gasteiger partial charge in [0.25, 0.3) is 0 Å². The Bertz CT molecular complexity index is 254. The molecule has 0 heterocycles. The number of alkyl halides is 2. The third-order valence-electron chi connectivity index (χ3n) is 3.18. The van der Waals surface area contributed by atoms with Crippen LogP contribution in [0.4, 0.5) is 8.78 Å². The number of carboxylic acids is 1. The molecule has 0 spiro atoms. The van der Waals surface area contributed by atoms with Gasteiger partial charge >= 0.3 is 5.97 Å². The van der Waals surface area contributed by atoms with Gasteiger partial charge in [-0.15, -0.1) is 0 Å². The van der Waals surface area contributed by atoms with Crippen LogP contribution in [-0.4, -0.2) is 37.5 Å². The Balaban J connectivity index is 2.88. The average Bonchev–Trinajstić information content (AvgIpc) is 2.22. The maximum atomic E-state index is 13.0. The number of halogens is 2. The second-order valence-corrected chi connectivity index (χ2v) is 4.12. The van der Waals surface area contributed by atoms with Gasteiger partial charge in [-0.25, -0.2) is 8.78 Å². The van der Waals surface area contributed by atoms with Crippen molar-refractivity contribution in [1.82, 2.24) is 0 Å². The molecule has 94 valence electrons. The van der Waals surface area contributed by atoms with Crippen molar-refractivity contribution in [2.24, 2.45) is 5.41 Å². The number of hydrogen-bond acceptors (Lipinski definition) is 3. The normalized spacial score (nSPS) is 23.3. The Morgan fingerprint density at radius 3 is 1.94 bits per heavy atom. The summed E-state index contributed by atoms with van der Waals surface area (Å²) < 4.78 is 35.9. The van der Waals surface area contributed by atoms with Gasteiger partial charge in [-0.05, 0) is 12.8 Å². The van der Waals surface area contributed by atoms with Crippen molar-refractivity contribution in [2.75, 3.05) is 14.2 Å². The average molecular weight is 238 g/mol. The van der Waals surface area contributed by atoms with Crippen LogP contribution in [0.15, 0.2) is 0 Å². The Morgan fingerprint density at radius 1 is 1.19 bits per heavy atom. The van der Waals surface area contributed by atoms with Crippen LogP contribution < -0.4 is 0 Å². The van der Waals surface area contributed by atoms with Crippen LogP contribution in [-0.2, 0) is 14.3 Å². The van der Waals surface area contributed by atoms with Crippen molar-refractivity contribution in [3.05, 3.63) is 0 Å². The second kappa shape index (κ2) is 4.63. The standard InChI is InChI=1S/C10H16F2O4/c1-15-8(16-2)9(7(13)14)3-5-10(11,12)6-4-9/h8H,3-6H2,1-2H3,(H,13,14). The highest BCUT2D eigenvalue weighted by atomic mass is 19.3. The lowest BCUT2D eigenvalue weighted by Gasteiger charge is -2.40. The van der Waals surface area contributed by atoms with E-state index < -0.39 is 36.4 Å². The van der Waals surface area contributed by atoms with Crippen LogP contribution in [0, 0.1) is 5.41 Å². The summed E-state index contributed by atoms with van der Waals surface area (Å²) in [5, 5.41) is 9.19. The van der Waals surface area contributed by atoms with Crippen LogP contribution in [0.5, 0.6) is 0 Å². The molecule has 0 radical (unpaired) electrons. The molecular weight excluding hydrogens is 222 g/mol. The van der Waals surface area contributed by atoms with Crippen molar-refractivity contribution in [3.8, 4) is 0 Å². The van der Waals surface area contributed by atoms with Gasteiger partial charge in [0.15, 0.2) is 6.29 Å². The Morgan fingerprint density at radius 2 is 1.62 bits per heavy atom. The topological polar surface area (TPSA) is 55.8 Å². The third-order valence-corrected chi connectivity index (χ3v) is 3.18. The zero-order chi connectivity index (χ0) is 12.4. The molecule has 1 rings (SSSR count). The molecule has 1 fully saturated rings. The minimum Gasteiger partial charge on any atom is -0.481 e. The highest BCUT2D eigenvalue weighted by molar-refractivity contribution is 5.75. The molecule has 0 aromatic heterocycles. The summed E-state index contributed by atoms with van der Waals surface area (Å²) in [5.41, 5.74) is -1.36. The summed E-state index contributed by atoms with van der Waals surface area (Å²) in [7, 11) is 2.62. The van der Waals surface area contributed by atoms with Crippen LogP contribution in [0.2, 0.25) is 0 Å². The molecule has 1 aliphatic rings. The highest BCUT2D eigenvalue weighted by Gasteiger charge is 2.53. The molecule has 0 unspecified atom stereocenters. The molecule has 0 atom stereocenters. The highest BCUT2D eigenvalue weighted by Crippen LogP contribution is 2.46. The summed E-state index contributed by atoms with van der Waals surface area (Å²) >= 11 is 0. The van der Waals surface area contributed by atoms with Crippen molar-refractivity contribution < 1.29 is 28.2 Å². The lowest BCUT2D eigenvalue weighted by atomic mass is 9.72. The summed E-state index contributed by atoms with van der Waals surface area (Å²) in [4.78, 5) is 11.2. The van der Waals surface area contributed by atoms with E-state index in [1.807, 2.05) is 0 Å². The lowest BCUT2D eigenvalue weighted by Crippen LogP contribution is -2.49. The van der Waals surface area contributed by atoms with E-state index in [0.29, 0.717) is 0 Å². The summed E-state index contributed by atoms with van der Waals surface area (Å²) in [6.07, 6.45) is -2.14. The molecule has 0 bridgehead atoms. The Kier molecular flexibility index (Phi) is 3.85. The predicted molar refractivity (Wildman–Crippen MR) is 51.3 cm³/mol. The van der Waals surface area contributed by atoms with Crippen molar-refractivity contribution >= 4 is 5.97 Å². The van der Waals surface area contributed by atoms with Crippen LogP contribution in [0.1, 0.15) is 25.7 Å². The van der Waals surface area contributed by atoms with Crippen LogP contribution in [0.25, 0.3) is 0 Å². The number of ether oxygens (including phenoxy) is 2. The molecule has 0 amide bonds. The van der Waals surface area contributed by atoms with E-state index in [2.05, 4.69) is 0 Å². The van der Waals surface area contributed by atoms with E-state index in [1.54, 1.807) is 0 Å². The quantitative estimate of drug-likeness (QED) is 0.760. The van der Waals surface area contributed by atoms with Crippen molar-refractivity contribution in [2.45, 2.75) is 37.9 Å². The number of rotatable bonds is 4. The first-order valence-corrected chi connectivity index (χ1v) is 5.05. The number of carbonyl (C=O) groups is 1. The summed E-state index contributed by atoms with van der Waals surface area (Å²) in [5.74, 6) is -3.91. The van der Waals surface area contributed by atoms with E-state index >= 15 is 0 Å². The molecule has 6 heteroatoms. The predicted octanol–water partition coefficient (Wildman–Crippen LogP) is 1.89. The van der Waals surface area contributed by atoms with E-state index in [0.717, 1.165) is 0 Å². The summed E-state index contributed by atoms with van der Waals surface area (Å²) in [6, 6.07) is 0. The van der Waals surface area contributed by atoms with E-state index in [1.165, 1.54) is 14.2 Å². The molecule has 0 saturated heterocycles. The first-order chi connectivity index (χ1) is 7.38. The molecular formula is C10H16F2O4. The molecule has 1 N–H and O–H groups in total. The minimum absolute atomic E-state index is 0.137. The molecule has 4 nitrogen and oxygen atoms in total. The van der Waals surface area contributed by atoms with Gasteiger partial charge in [0.2, 0.25) is 5.92 Å². The molecule has 1 aliphatic carbocycles. The largest absolute Gasteiger partial charge is 0.481 e. The van der Waals surface area contributed by atoms with Crippen LogP contribution in [0.3, 0.4) is 0 Å². The Labute approximate surface area is 92.5 Å². The number of aliphatic carboxylic acids is 1. The Hall–Kier alpha value is -0.750. The van der Waals surface area contributed by atoms with Crippen LogP contribution >= 0.6 is 0 Å². The molecule has 0 aliphatic heterocycles. The van der Waals surface area contributed by atoms with E-state index in [4.69, 9.17) is 9.47 Å². The van der Waals surface area contributed by atoms with Gasteiger partial charge in [-0.1, -0.05) is 0 Å². The first kappa shape index (κ1) is 13.3. The van der Waals surface area contributed by atoms with Gasteiger partial charge in [0, 0.05) is 27.1 Å². The van der Waals surface area contributed by atoms with E-state index in [9.17, 15) is 18.7 Å². The van der Waals surface area contributed by atoms with Gasteiger partial charge in [0.05, 0.1) is 0 Å². The van der Waals surface area contributed by atoms with Gasteiger partial charge in [-0.2, -0.15) is 0 Å². The second-order valence-electron chi connectivity index (χ2n) is 4.12. The fourth-order valence-electron chi connectivity index (χ4n) is 2.16. The smallest absolute Gasteiger partial charge is 0.314 e. The zero-order valence-electron chi connectivity index (χ0n) is 9.33. The first-order valence-electron chi connectivity index (χ1n) is 5.05. The van der Waals surface area contributed by atoms with E-state index in [-0.39, 0.29) is 12.8 Å². The number of carboxylic acid groups (broad SMARTS) is 1. The molecule has 16 heavy (non-hydrogen) atoms. The van der Waals surface area contributed by atoms with Crippen molar-refractivity contribution in [1.29, 1.82) is 0 Å². The summed E-state index contributed by atoms with van der Waals surface area (Å²) in [6.45, 7) is 0. The molecule has 0 aromatic carbocycles. The monoisotopic (exact) mass is 238 g/mol. The number of methoxy groups -OCH3 is 2. The zero-order valence-corrected chi connectivity index (χ0v) is 9.33. The lowest BCUT2D eigenvalue weighted by molar-refractivity contribution is -0.217. The minimum atomic E-state index is -2.77. The van der Waals surface area contributed by atoms with Crippen molar-refractivity contribution in [3.63, 3.8) is 0 Å². The fourth-order valence-corrected chi connectivity index (χ4v) is 2.16. The maximum Gasteiger partial charge on any atom is 0.314 e. The fraction of sp³-hybridized carbons (Fsp3) is 0.900. The molecule has 0 aromatic rings. The molecule has 1 saturated carbocycles. The number of hydrogen-bond donors (Lipinski definition) is 1. The maximum absolute atomic E-state index is 13.0. The SMILES string of the molecule is COC(OC)C1(C(=O)O)CCC(F)(F)CC1. The van der Waals surface area contributed by atoms with Gasteiger partial charge < -0.3 is 14.6 Å².